The molecule has 1 aliphatic heterocycles. The molecular formula is C19H20ClN5S. The summed E-state index contributed by atoms with van der Waals surface area (Å²) in [6.45, 7) is 1.83. The van der Waals surface area contributed by atoms with Crippen LogP contribution in [0.1, 0.15) is 12.8 Å². The van der Waals surface area contributed by atoms with Gasteiger partial charge in [0.15, 0.2) is 5.11 Å². The van der Waals surface area contributed by atoms with Crippen LogP contribution >= 0.6 is 23.8 Å². The van der Waals surface area contributed by atoms with Gasteiger partial charge in [-0.05, 0) is 61.5 Å². The van der Waals surface area contributed by atoms with Crippen LogP contribution in [-0.4, -0.2) is 39.3 Å². The second-order valence-electron chi connectivity index (χ2n) is 6.54. The van der Waals surface area contributed by atoms with E-state index in [-0.39, 0.29) is 0 Å². The zero-order valence-electron chi connectivity index (χ0n) is 14.2. The number of aromatic nitrogens is 2. The van der Waals surface area contributed by atoms with Gasteiger partial charge in [0.05, 0.1) is 11.7 Å². The lowest BCUT2D eigenvalue weighted by molar-refractivity contribution is 0.325. The van der Waals surface area contributed by atoms with E-state index in [9.17, 15) is 0 Å². The molecule has 5 nitrogen and oxygen atoms in total. The number of likely N-dealkylation sites (tertiary alicyclic amines) is 1. The van der Waals surface area contributed by atoms with Gasteiger partial charge in [-0.25, -0.2) is 0 Å². The van der Waals surface area contributed by atoms with E-state index in [4.69, 9.17) is 23.8 Å². The van der Waals surface area contributed by atoms with Crippen LogP contribution in [0.4, 0.5) is 11.4 Å². The Morgan fingerprint density at radius 2 is 2.15 bits per heavy atom. The minimum atomic E-state index is 0.354. The molecule has 4 rings (SSSR count). The molecule has 3 N–H and O–H groups in total. The van der Waals surface area contributed by atoms with Crippen molar-refractivity contribution in [2.45, 2.75) is 18.9 Å². The zero-order chi connectivity index (χ0) is 17.9. The summed E-state index contributed by atoms with van der Waals surface area (Å²) >= 11 is 11.6. The summed E-state index contributed by atoms with van der Waals surface area (Å²) in [5, 5.41) is 16.5. The molecule has 0 saturated carbocycles. The van der Waals surface area contributed by atoms with Gasteiger partial charge in [0.25, 0.3) is 0 Å². The minimum absolute atomic E-state index is 0.354. The van der Waals surface area contributed by atoms with E-state index in [2.05, 4.69) is 43.9 Å². The van der Waals surface area contributed by atoms with Crippen molar-refractivity contribution in [1.82, 2.24) is 15.1 Å². The van der Waals surface area contributed by atoms with Crippen molar-refractivity contribution in [2.75, 3.05) is 23.7 Å². The van der Waals surface area contributed by atoms with Crippen molar-refractivity contribution >= 4 is 51.2 Å². The predicted octanol–water partition coefficient (Wildman–Crippen LogP) is 4.49. The third-order valence-electron chi connectivity index (χ3n) is 4.60. The maximum atomic E-state index is 6.05. The molecule has 1 atom stereocenters. The molecule has 26 heavy (non-hydrogen) atoms. The zero-order valence-corrected chi connectivity index (χ0v) is 15.8. The van der Waals surface area contributed by atoms with Gasteiger partial charge in [0.1, 0.15) is 0 Å². The topological polar surface area (TPSA) is 56.0 Å². The smallest absolute Gasteiger partial charge is 0.173 e. The lowest BCUT2D eigenvalue weighted by Gasteiger charge is -2.35. The largest absolute Gasteiger partial charge is 0.381 e. The summed E-state index contributed by atoms with van der Waals surface area (Å²) in [4.78, 5) is 2.22. The number of rotatable bonds is 3. The van der Waals surface area contributed by atoms with Crippen LogP contribution in [0.25, 0.3) is 10.9 Å². The highest BCUT2D eigenvalue weighted by atomic mass is 35.5. The number of aromatic amines is 1. The first-order valence-electron chi connectivity index (χ1n) is 8.68. The lowest BCUT2D eigenvalue weighted by atomic mass is 10.1. The molecule has 1 saturated heterocycles. The molecule has 0 radical (unpaired) electrons. The molecule has 1 aliphatic rings. The molecule has 0 bridgehead atoms. The average Bonchev–Trinajstić information content (AvgIpc) is 3.10. The van der Waals surface area contributed by atoms with Gasteiger partial charge in [0, 0.05) is 40.9 Å². The Hall–Kier alpha value is -2.31. The maximum absolute atomic E-state index is 6.05. The monoisotopic (exact) mass is 385 g/mol. The van der Waals surface area contributed by atoms with E-state index in [0.717, 1.165) is 53.3 Å². The van der Waals surface area contributed by atoms with Crippen LogP contribution in [0.5, 0.6) is 0 Å². The Morgan fingerprint density at radius 3 is 3.04 bits per heavy atom. The number of thiocarbonyl (C=S) groups is 1. The number of anilines is 2. The second kappa shape index (κ2) is 7.51. The predicted molar refractivity (Wildman–Crippen MR) is 112 cm³/mol. The first-order valence-corrected chi connectivity index (χ1v) is 9.47. The molecule has 1 unspecified atom stereocenters. The number of nitrogens with zero attached hydrogens (tertiary/aromatic N) is 2. The number of benzene rings is 2. The molecule has 7 heteroatoms. The van der Waals surface area contributed by atoms with Crippen LogP contribution in [0.2, 0.25) is 5.02 Å². The number of hydrogen-bond donors (Lipinski definition) is 3. The van der Waals surface area contributed by atoms with Gasteiger partial charge < -0.3 is 15.5 Å². The van der Waals surface area contributed by atoms with E-state index in [1.807, 2.05) is 30.5 Å². The number of hydrogen-bond acceptors (Lipinski definition) is 3. The summed E-state index contributed by atoms with van der Waals surface area (Å²) in [7, 11) is 0. The first-order chi connectivity index (χ1) is 12.7. The minimum Gasteiger partial charge on any atom is -0.381 e. The van der Waals surface area contributed by atoms with E-state index < -0.39 is 0 Å². The van der Waals surface area contributed by atoms with Gasteiger partial charge in [-0.2, -0.15) is 5.10 Å². The normalized spacial score (nSPS) is 17.3. The highest BCUT2D eigenvalue weighted by molar-refractivity contribution is 7.80. The second-order valence-corrected chi connectivity index (χ2v) is 7.37. The number of fused-ring (bicyclic) bond motifs is 1. The quantitative estimate of drug-likeness (QED) is 0.580. The van der Waals surface area contributed by atoms with Crippen molar-refractivity contribution in [1.29, 1.82) is 0 Å². The third-order valence-corrected chi connectivity index (χ3v) is 5.19. The highest BCUT2D eigenvalue weighted by Crippen LogP contribution is 2.21. The number of piperidine rings is 1. The van der Waals surface area contributed by atoms with Crippen molar-refractivity contribution in [2.24, 2.45) is 0 Å². The Bertz CT molecular complexity index is 925. The van der Waals surface area contributed by atoms with Crippen molar-refractivity contribution < 1.29 is 0 Å². The van der Waals surface area contributed by atoms with Crippen LogP contribution in [0.3, 0.4) is 0 Å². The fraction of sp³-hybridized carbons (Fsp3) is 0.263. The lowest BCUT2D eigenvalue weighted by Crippen LogP contribution is -2.46. The molecule has 1 aromatic heterocycles. The summed E-state index contributed by atoms with van der Waals surface area (Å²) in [5.41, 5.74) is 3.08. The van der Waals surface area contributed by atoms with Crippen LogP contribution < -0.4 is 10.6 Å². The molecule has 134 valence electrons. The van der Waals surface area contributed by atoms with E-state index in [1.165, 1.54) is 0 Å². The van der Waals surface area contributed by atoms with Gasteiger partial charge in [-0.15, -0.1) is 0 Å². The first kappa shape index (κ1) is 17.1. The summed E-state index contributed by atoms with van der Waals surface area (Å²) < 4.78 is 0. The van der Waals surface area contributed by atoms with E-state index >= 15 is 0 Å². The van der Waals surface area contributed by atoms with Gasteiger partial charge in [-0.1, -0.05) is 17.7 Å². The summed E-state index contributed by atoms with van der Waals surface area (Å²) in [5.74, 6) is 0. The Balaban J connectivity index is 1.39. The van der Waals surface area contributed by atoms with Gasteiger partial charge in [0.2, 0.25) is 0 Å². The van der Waals surface area contributed by atoms with Crippen molar-refractivity contribution in [3.8, 4) is 0 Å². The fourth-order valence-electron chi connectivity index (χ4n) is 3.32. The van der Waals surface area contributed by atoms with Crippen molar-refractivity contribution in [3.05, 3.63) is 53.7 Å². The van der Waals surface area contributed by atoms with Crippen molar-refractivity contribution in [3.63, 3.8) is 0 Å². The van der Waals surface area contributed by atoms with E-state index in [1.54, 1.807) is 0 Å². The molecular weight excluding hydrogens is 366 g/mol. The molecule has 0 amide bonds. The molecule has 3 aromatic rings. The van der Waals surface area contributed by atoms with E-state index in [0.29, 0.717) is 11.1 Å². The number of H-pyrrole nitrogens is 1. The fourth-order valence-corrected chi connectivity index (χ4v) is 3.79. The molecule has 0 aliphatic carbocycles. The highest BCUT2D eigenvalue weighted by Gasteiger charge is 2.21. The van der Waals surface area contributed by atoms with Gasteiger partial charge in [-0.3, -0.25) is 5.10 Å². The van der Waals surface area contributed by atoms with Gasteiger partial charge >= 0.3 is 0 Å². The molecule has 0 spiro atoms. The Kier molecular flexibility index (Phi) is 4.95. The Labute approximate surface area is 162 Å². The maximum Gasteiger partial charge on any atom is 0.173 e. The summed E-state index contributed by atoms with van der Waals surface area (Å²) in [6.07, 6.45) is 4.07. The summed E-state index contributed by atoms with van der Waals surface area (Å²) in [6, 6.07) is 14.2. The standard InChI is InChI=1S/C19H20ClN5S/c20-14-3-1-4-15(10-14)23-19(26)25-8-2-5-17(12-25)22-16-6-7-18-13(9-16)11-21-24-18/h1,3-4,6-7,9-11,17,22H,2,5,8,12H2,(H,21,24)(H,23,26). The molecule has 2 heterocycles. The molecule has 2 aromatic carbocycles. The Morgan fingerprint density at radius 1 is 1.23 bits per heavy atom. The van der Waals surface area contributed by atoms with Crippen LogP contribution in [-0.2, 0) is 0 Å². The third kappa shape index (κ3) is 3.92. The molecule has 1 fully saturated rings. The SMILES string of the molecule is S=C(Nc1cccc(Cl)c1)N1CCCC(Nc2ccc3[nH]ncc3c2)C1. The van der Waals surface area contributed by atoms with Crippen LogP contribution in [0.15, 0.2) is 48.7 Å². The average molecular weight is 386 g/mol. The number of nitrogens with one attached hydrogen (secondary N) is 3. The number of halogens is 1. The van der Waals surface area contributed by atoms with Crippen LogP contribution in [0, 0.1) is 0 Å².